The fourth-order valence-corrected chi connectivity index (χ4v) is 2.70. The van der Waals surface area contributed by atoms with Crippen LogP contribution >= 0.6 is 15.9 Å². The first-order valence-electron chi connectivity index (χ1n) is 7.28. The summed E-state index contributed by atoms with van der Waals surface area (Å²) in [6.45, 7) is 0. The maximum absolute atomic E-state index is 14.0. The zero-order valence-corrected chi connectivity index (χ0v) is 14.1. The Hall–Kier alpha value is -2.53. The number of hydrogen-bond acceptors (Lipinski definition) is 2. The molecule has 0 fully saturated rings. The van der Waals surface area contributed by atoms with Gasteiger partial charge in [-0.3, -0.25) is 9.59 Å². The van der Waals surface area contributed by atoms with Crippen LogP contribution in [-0.4, -0.2) is 17.0 Å². The van der Waals surface area contributed by atoms with Crippen molar-refractivity contribution in [3.63, 3.8) is 0 Å². The molecule has 0 saturated heterocycles. The molecule has 1 amide bonds. The van der Waals surface area contributed by atoms with Crippen molar-refractivity contribution in [2.24, 2.45) is 0 Å². The van der Waals surface area contributed by atoms with E-state index in [2.05, 4.69) is 21.2 Å². The highest BCUT2D eigenvalue weighted by molar-refractivity contribution is 9.09. The molecule has 24 heavy (non-hydrogen) atoms. The third kappa shape index (κ3) is 3.08. The second kappa shape index (κ2) is 6.93. The minimum absolute atomic E-state index is 0.0258. The van der Waals surface area contributed by atoms with Gasteiger partial charge in [-0.1, -0.05) is 58.4 Å². The normalized spacial score (nSPS) is 10.6. The lowest BCUT2D eigenvalue weighted by Gasteiger charge is -2.13. The van der Waals surface area contributed by atoms with Gasteiger partial charge in [0.15, 0.2) is 5.78 Å². The Morgan fingerprint density at radius 3 is 2.38 bits per heavy atom. The molecule has 0 aliphatic rings. The lowest BCUT2D eigenvalue weighted by molar-refractivity contribution is -0.113. The van der Waals surface area contributed by atoms with Gasteiger partial charge >= 0.3 is 0 Å². The number of carbonyl (C=O) groups is 2. The third-order valence-corrected chi connectivity index (χ3v) is 4.19. The van der Waals surface area contributed by atoms with E-state index in [9.17, 15) is 14.0 Å². The van der Waals surface area contributed by atoms with Crippen molar-refractivity contribution in [2.45, 2.75) is 0 Å². The van der Waals surface area contributed by atoms with Crippen LogP contribution in [0, 0.1) is 5.82 Å². The lowest BCUT2D eigenvalue weighted by Crippen LogP contribution is -2.16. The summed E-state index contributed by atoms with van der Waals surface area (Å²) in [6.07, 6.45) is 0. The number of rotatable bonds is 4. The minimum Gasteiger partial charge on any atom is -0.324 e. The SMILES string of the molecule is O=C(CBr)Nc1c(C(=O)c2ccccc2F)ccc2ccccc12. The average molecular weight is 386 g/mol. The van der Waals surface area contributed by atoms with Gasteiger partial charge in [0.1, 0.15) is 5.82 Å². The van der Waals surface area contributed by atoms with Crippen LogP contribution in [-0.2, 0) is 4.79 Å². The number of carbonyl (C=O) groups excluding carboxylic acids is 2. The van der Waals surface area contributed by atoms with E-state index in [0.29, 0.717) is 5.69 Å². The maximum Gasteiger partial charge on any atom is 0.235 e. The van der Waals surface area contributed by atoms with Gasteiger partial charge in [0.25, 0.3) is 0 Å². The summed E-state index contributed by atoms with van der Waals surface area (Å²) < 4.78 is 14.0. The summed E-state index contributed by atoms with van der Waals surface area (Å²) >= 11 is 3.10. The monoisotopic (exact) mass is 385 g/mol. The highest BCUT2D eigenvalue weighted by atomic mass is 79.9. The van der Waals surface area contributed by atoms with Crippen molar-refractivity contribution in [3.8, 4) is 0 Å². The van der Waals surface area contributed by atoms with Crippen molar-refractivity contribution in [3.05, 3.63) is 77.6 Å². The molecule has 0 bridgehead atoms. The van der Waals surface area contributed by atoms with E-state index in [0.717, 1.165) is 10.8 Å². The number of fused-ring (bicyclic) bond motifs is 1. The van der Waals surface area contributed by atoms with Crippen LogP contribution in [0.15, 0.2) is 60.7 Å². The van der Waals surface area contributed by atoms with E-state index < -0.39 is 11.6 Å². The zero-order valence-electron chi connectivity index (χ0n) is 12.6. The summed E-state index contributed by atoms with van der Waals surface area (Å²) in [5.41, 5.74) is 0.626. The number of hydrogen-bond donors (Lipinski definition) is 1. The second-order valence-corrected chi connectivity index (χ2v) is 5.76. The quantitative estimate of drug-likeness (QED) is 0.529. The van der Waals surface area contributed by atoms with Crippen molar-refractivity contribution in [2.75, 3.05) is 10.6 Å². The summed E-state index contributed by atoms with van der Waals surface area (Å²) in [6, 6.07) is 16.6. The predicted molar refractivity (Wildman–Crippen MR) is 96.2 cm³/mol. The molecule has 0 spiro atoms. The molecule has 0 atom stereocenters. The molecule has 0 heterocycles. The number of benzene rings is 3. The first-order valence-corrected chi connectivity index (χ1v) is 8.40. The number of anilines is 1. The van der Waals surface area contributed by atoms with Crippen molar-refractivity contribution >= 4 is 44.1 Å². The molecule has 0 saturated carbocycles. The van der Waals surface area contributed by atoms with Crippen LogP contribution in [0.25, 0.3) is 10.8 Å². The van der Waals surface area contributed by atoms with Crippen LogP contribution in [0.5, 0.6) is 0 Å². The fraction of sp³-hybridized carbons (Fsp3) is 0.0526. The van der Waals surface area contributed by atoms with Gasteiger partial charge in [0.2, 0.25) is 5.91 Å². The van der Waals surface area contributed by atoms with E-state index in [1.807, 2.05) is 24.3 Å². The summed E-state index contributed by atoms with van der Waals surface area (Å²) in [5, 5.41) is 4.46. The Kier molecular flexibility index (Phi) is 4.71. The van der Waals surface area contributed by atoms with E-state index in [-0.39, 0.29) is 22.4 Å². The minimum atomic E-state index is -0.589. The molecule has 5 heteroatoms. The van der Waals surface area contributed by atoms with E-state index in [1.54, 1.807) is 18.2 Å². The molecule has 3 nitrogen and oxygen atoms in total. The summed E-state index contributed by atoms with van der Waals surface area (Å²) in [7, 11) is 0. The number of amides is 1. The topological polar surface area (TPSA) is 46.2 Å². The molecule has 0 aliphatic carbocycles. The average Bonchev–Trinajstić information content (AvgIpc) is 2.61. The van der Waals surface area contributed by atoms with Crippen LogP contribution in [0.4, 0.5) is 10.1 Å². The predicted octanol–water partition coefficient (Wildman–Crippen LogP) is 4.54. The van der Waals surface area contributed by atoms with E-state index >= 15 is 0 Å². The fourth-order valence-electron chi connectivity index (χ4n) is 2.56. The van der Waals surface area contributed by atoms with Gasteiger partial charge in [-0.2, -0.15) is 0 Å². The van der Waals surface area contributed by atoms with Crippen LogP contribution in [0.1, 0.15) is 15.9 Å². The Labute approximate surface area is 146 Å². The van der Waals surface area contributed by atoms with Crippen LogP contribution < -0.4 is 5.32 Å². The zero-order chi connectivity index (χ0) is 17.1. The van der Waals surface area contributed by atoms with Crippen molar-refractivity contribution in [1.29, 1.82) is 0 Å². The molecular weight excluding hydrogens is 373 g/mol. The first-order chi connectivity index (χ1) is 11.6. The Bertz CT molecular complexity index is 940. The number of nitrogens with one attached hydrogen (secondary N) is 1. The lowest BCUT2D eigenvalue weighted by atomic mass is 9.97. The molecule has 120 valence electrons. The second-order valence-electron chi connectivity index (χ2n) is 5.20. The van der Waals surface area contributed by atoms with Crippen LogP contribution in [0.3, 0.4) is 0 Å². The van der Waals surface area contributed by atoms with Crippen molar-refractivity contribution < 1.29 is 14.0 Å². The molecule has 0 radical (unpaired) electrons. The van der Waals surface area contributed by atoms with E-state index in [4.69, 9.17) is 0 Å². The molecule has 3 aromatic carbocycles. The number of alkyl halides is 1. The van der Waals surface area contributed by atoms with Gasteiger partial charge in [-0.05, 0) is 23.6 Å². The number of ketones is 1. The largest absolute Gasteiger partial charge is 0.324 e. The highest BCUT2D eigenvalue weighted by Gasteiger charge is 2.19. The van der Waals surface area contributed by atoms with E-state index in [1.165, 1.54) is 18.2 Å². The molecule has 0 aromatic heterocycles. The Morgan fingerprint density at radius 1 is 0.917 bits per heavy atom. The third-order valence-electron chi connectivity index (χ3n) is 3.68. The molecule has 0 unspecified atom stereocenters. The maximum atomic E-state index is 14.0. The van der Waals surface area contributed by atoms with Crippen molar-refractivity contribution in [1.82, 2.24) is 0 Å². The Morgan fingerprint density at radius 2 is 1.62 bits per heavy atom. The molecule has 3 rings (SSSR count). The van der Waals surface area contributed by atoms with Gasteiger partial charge < -0.3 is 5.32 Å². The van der Waals surface area contributed by atoms with Gasteiger partial charge in [0, 0.05) is 10.9 Å². The van der Waals surface area contributed by atoms with Gasteiger partial charge in [0.05, 0.1) is 16.6 Å². The standard InChI is InChI=1S/C19H13BrFNO2/c20-11-17(23)22-18-13-6-2-1-5-12(13)9-10-15(18)19(24)14-7-3-4-8-16(14)21/h1-10H,11H2,(H,22,23). The number of halogens is 2. The first kappa shape index (κ1) is 16.3. The van der Waals surface area contributed by atoms with Crippen LogP contribution in [0.2, 0.25) is 0 Å². The summed E-state index contributed by atoms with van der Waals surface area (Å²) in [4.78, 5) is 24.7. The summed E-state index contributed by atoms with van der Waals surface area (Å²) in [5.74, 6) is -1.34. The highest BCUT2D eigenvalue weighted by Crippen LogP contribution is 2.30. The molecule has 0 aliphatic heterocycles. The van der Waals surface area contributed by atoms with Gasteiger partial charge in [-0.15, -0.1) is 0 Å². The molecule has 3 aromatic rings. The molecular formula is C19H13BrFNO2. The van der Waals surface area contributed by atoms with Gasteiger partial charge in [-0.25, -0.2) is 4.39 Å². The Balaban J connectivity index is 2.20. The molecule has 1 N–H and O–H groups in total. The smallest absolute Gasteiger partial charge is 0.235 e.